The molecule has 0 bridgehead atoms. The van der Waals surface area contributed by atoms with Crippen molar-refractivity contribution >= 4 is 5.57 Å². The number of hydrogen-bond acceptors (Lipinski definition) is 3. The lowest BCUT2D eigenvalue weighted by Crippen LogP contribution is -2.37. The summed E-state index contributed by atoms with van der Waals surface area (Å²) in [5.74, 6) is 0. The average Bonchev–Trinajstić information content (AvgIpc) is 3.41. The molecule has 1 aliphatic rings. The van der Waals surface area contributed by atoms with E-state index in [-0.39, 0.29) is 6.61 Å². The molecule has 1 unspecified atom stereocenters. The van der Waals surface area contributed by atoms with Crippen LogP contribution in [0.1, 0.15) is 41.6 Å². The maximum atomic E-state index is 9.20. The zero-order chi connectivity index (χ0) is 23.2. The van der Waals surface area contributed by atoms with Crippen molar-refractivity contribution in [2.24, 2.45) is 0 Å². The fraction of sp³-hybridized carbons (Fsp3) is 0.233. The van der Waals surface area contributed by atoms with E-state index in [2.05, 4.69) is 113 Å². The Kier molecular flexibility index (Phi) is 6.70. The molecule has 0 aliphatic heterocycles. The standard InChI is InChI=1S/C30H31N3O/c34-20-19-31-28-18-10-11-24(21-28)29-22-33(23-32-29)30(25-12-4-1-5-13-25,26-14-6-2-7-15-26)27-16-8-3-9-17-27/h1-9,11-17,22-23,28,31,34H,10,18-21H2. The Morgan fingerprint density at radius 2 is 1.41 bits per heavy atom. The minimum absolute atomic E-state index is 0.165. The molecule has 34 heavy (non-hydrogen) atoms. The van der Waals surface area contributed by atoms with E-state index in [1.165, 1.54) is 22.3 Å². The van der Waals surface area contributed by atoms with E-state index in [1.807, 2.05) is 6.33 Å². The summed E-state index contributed by atoms with van der Waals surface area (Å²) in [6.45, 7) is 0.795. The van der Waals surface area contributed by atoms with Crippen LogP contribution in [0.5, 0.6) is 0 Å². The molecule has 1 aromatic heterocycles. The lowest BCUT2D eigenvalue weighted by atomic mass is 9.76. The second-order valence-corrected chi connectivity index (χ2v) is 8.86. The highest BCUT2D eigenvalue weighted by Gasteiger charge is 2.38. The number of aliphatic hydroxyl groups is 1. The molecule has 4 nitrogen and oxygen atoms in total. The van der Waals surface area contributed by atoms with Gasteiger partial charge in [0.2, 0.25) is 0 Å². The lowest BCUT2D eigenvalue weighted by molar-refractivity contribution is 0.282. The van der Waals surface area contributed by atoms with Crippen LogP contribution in [-0.4, -0.2) is 33.9 Å². The summed E-state index contributed by atoms with van der Waals surface area (Å²) < 4.78 is 2.27. The SMILES string of the molecule is OCCNC1CCC=C(c2cn(C(c3ccccc3)(c3ccccc3)c3ccccc3)cn2)C1. The highest BCUT2D eigenvalue weighted by molar-refractivity contribution is 5.64. The second kappa shape index (κ2) is 10.2. The van der Waals surface area contributed by atoms with E-state index in [9.17, 15) is 5.11 Å². The largest absolute Gasteiger partial charge is 0.395 e. The number of aromatic nitrogens is 2. The molecule has 0 amide bonds. The Morgan fingerprint density at radius 1 is 0.853 bits per heavy atom. The number of imidazole rings is 1. The number of hydrogen-bond donors (Lipinski definition) is 2. The topological polar surface area (TPSA) is 50.1 Å². The van der Waals surface area contributed by atoms with Crippen molar-refractivity contribution in [2.75, 3.05) is 13.2 Å². The van der Waals surface area contributed by atoms with Crippen molar-refractivity contribution in [1.29, 1.82) is 0 Å². The molecule has 1 heterocycles. The van der Waals surface area contributed by atoms with Gasteiger partial charge in [0.1, 0.15) is 5.54 Å². The zero-order valence-corrected chi connectivity index (χ0v) is 19.3. The fourth-order valence-corrected chi connectivity index (χ4v) is 5.22. The third-order valence-electron chi connectivity index (χ3n) is 6.79. The van der Waals surface area contributed by atoms with Crippen LogP contribution in [0.25, 0.3) is 5.57 Å². The Labute approximate surface area is 201 Å². The average molecular weight is 450 g/mol. The first kappa shape index (κ1) is 22.3. The van der Waals surface area contributed by atoms with Crippen molar-refractivity contribution in [3.05, 3.63) is 132 Å². The van der Waals surface area contributed by atoms with Gasteiger partial charge in [0.15, 0.2) is 0 Å². The molecule has 0 spiro atoms. The van der Waals surface area contributed by atoms with Crippen LogP contribution < -0.4 is 5.32 Å². The van der Waals surface area contributed by atoms with Crippen molar-refractivity contribution in [2.45, 2.75) is 30.8 Å². The van der Waals surface area contributed by atoms with Crippen molar-refractivity contribution in [3.63, 3.8) is 0 Å². The van der Waals surface area contributed by atoms with Gasteiger partial charge in [-0.2, -0.15) is 0 Å². The van der Waals surface area contributed by atoms with Crippen molar-refractivity contribution < 1.29 is 5.11 Å². The first-order valence-corrected chi connectivity index (χ1v) is 12.1. The smallest absolute Gasteiger partial charge is 0.121 e. The van der Waals surface area contributed by atoms with Crippen LogP contribution in [0.15, 0.2) is 110 Å². The first-order chi connectivity index (χ1) is 16.8. The maximum Gasteiger partial charge on any atom is 0.121 e. The molecule has 0 saturated heterocycles. The van der Waals surface area contributed by atoms with E-state index in [1.54, 1.807) is 0 Å². The van der Waals surface area contributed by atoms with Gasteiger partial charge in [0.25, 0.3) is 0 Å². The Bertz CT molecular complexity index is 1120. The van der Waals surface area contributed by atoms with Gasteiger partial charge < -0.3 is 15.0 Å². The number of benzene rings is 3. The molecule has 4 heteroatoms. The van der Waals surface area contributed by atoms with Crippen LogP contribution in [0.2, 0.25) is 0 Å². The molecule has 2 N–H and O–H groups in total. The third kappa shape index (κ3) is 4.23. The molecular weight excluding hydrogens is 418 g/mol. The highest BCUT2D eigenvalue weighted by atomic mass is 16.3. The van der Waals surface area contributed by atoms with Gasteiger partial charge in [-0.25, -0.2) is 4.98 Å². The van der Waals surface area contributed by atoms with Gasteiger partial charge in [-0.3, -0.25) is 0 Å². The minimum atomic E-state index is -0.543. The zero-order valence-electron chi connectivity index (χ0n) is 19.3. The summed E-state index contributed by atoms with van der Waals surface area (Å²) in [4.78, 5) is 4.91. The van der Waals surface area contributed by atoms with E-state index in [0.717, 1.165) is 25.0 Å². The summed E-state index contributed by atoms with van der Waals surface area (Å²) in [5.41, 5.74) is 5.31. The van der Waals surface area contributed by atoms with Crippen LogP contribution in [0.3, 0.4) is 0 Å². The van der Waals surface area contributed by atoms with Gasteiger partial charge >= 0.3 is 0 Å². The molecule has 1 atom stereocenters. The fourth-order valence-electron chi connectivity index (χ4n) is 5.22. The summed E-state index contributed by atoms with van der Waals surface area (Å²) in [6.07, 6.45) is 9.53. The second-order valence-electron chi connectivity index (χ2n) is 8.86. The molecule has 0 saturated carbocycles. The lowest BCUT2D eigenvalue weighted by Gasteiger charge is -2.37. The van der Waals surface area contributed by atoms with Gasteiger partial charge in [-0.1, -0.05) is 97.1 Å². The first-order valence-electron chi connectivity index (χ1n) is 12.1. The number of aliphatic hydroxyl groups excluding tert-OH is 1. The summed E-state index contributed by atoms with van der Waals surface area (Å²) in [6, 6.07) is 32.4. The van der Waals surface area contributed by atoms with Gasteiger partial charge in [0, 0.05) is 18.8 Å². The Balaban J connectivity index is 1.65. The number of rotatable bonds is 8. The third-order valence-corrected chi connectivity index (χ3v) is 6.79. The number of nitrogens with one attached hydrogen (secondary N) is 1. The van der Waals surface area contributed by atoms with E-state index in [0.29, 0.717) is 12.6 Å². The number of nitrogens with zero attached hydrogens (tertiary/aromatic N) is 2. The van der Waals surface area contributed by atoms with Gasteiger partial charge in [-0.15, -0.1) is 0 Å². The molecule has 1 aliphatic carbocycles. The summed E-state index contributed by atoms with van der Waals surface area (Å²) in [5, 5.41) is 12.7. The molecule has 0 radical (unpaired) electrons. The molecule has 172 valence electrons. The monoisotopic (exact) mass is 449 g/mol. The number of allylic oxidation sites excluding steroid dienone is 1. The normalized spacial score (nSPS) is 16.3. The predicted molar refractivity (Wildman–Crippen MR) is 138 cm³/mol. The van der Waals surface area contributed by atoms with Crippen molar-refractivity contribution in [3.8, 4) is 0 Å². The Morgan fingerprint density at radius 3 is 1.94 bits per heavy atom. The van der Waals surface area contributed by atoms with E-state index in [4.69, 9.17) is 4.98 Å². The van der Waals surface area contributed by atoms with E-state index < -0.39 is 5.54 Å². The molecule has 5 rings (SSSR count). The Hall–Kier alpha value is -3.47. The molecular formula is C30H31N3O. The quantitative estimate of drug-likeness (QED) is 0.362. The summed E-state index contributed by atoms with van der Waals surface area (Å²) >= 11 is 0. The van der Waals surface area contributed by atoms with E-state index >= 15 is 0 Å². The van der Waals surface area contributed by atoms with Gasteiger partial charge in [-0.05, 0) is 41.5 Å². The summed E-state index contributed by atoms with van der Waals surface area (Å²) in [7, 11) is 0. The van der Waals surface area contributed by atoms with Crippen molar-refractivity contribution in [1.82, 2.24) is 14.9 Å². The van der Waals surface area contributed by atoms with Gasteiger partial charge in [0.05, 0.1) is 18.6 Å². The minimum Gasteiger partial charge on any atom is -0.395 e. The molecule has 0 fully saturated rings. The van der Waals surface area contributed by atoms with Crippen LogP contribution in [0.4, 0.5) is 0 Å². The van der Waals surface area contributed by atoms with Crippen LogP contribution in [-0.2, 0) is 5.54 Å². The molecule has 4 aromatic rings. The predicted octanol–water partition coefficient (Wildman–Crippen LogP) is 5.24. The van der Waals surface area contributed by atoms with Crippen LogP contribution in [0, 0.1) is 0 Å². The highest BCUT2D eigenvalue weighted by Crippen LogP contribution is 2.41. The molecule has 3 aromatic carbocycles. The maximum absolute atomic E-state index is 9.20. The van der Waals surface area contributed by atoms with Crippen LogP contribution >= 0.6 is 0 Å².